The first-order valence-electron chi connectivity index (χ1n) is 11.2. The number of nitrogens with one attached hydrogen (secondary N) is 1. The molecule has 1 aliphatic carbocycles. The van der Waals surface area contributed by atoms with Crippen molar-refractivity contribution in [3.05, 3.63) is 70.0 Å². The lowest BCUT2D eigenvalue weighted by Gasteiger charge is -2.16. The topological polar surface area (TPSA) is 159 Å². The molecule has 0 radical (unpaired) electrons. The van der Waals surface area contributed by atoms with E-state index in [4.69, 9.17) is 17.2 Å². The molecule has 0 spiro atoms. The quantitative estimate of drug-likeness (QED) is 0.137. The number of rotatable bonds is 10. The van der Waals surface area contributed by atoms with Gasteiger partial charge in [-0.3, -0.25) is 19.4 Å². The monoisotopic (exact) mass is 532 g/mol. The number of aliphatic imine (C=N–C) groups is 1. The van der Waals surface area contributed by atoms with Gasteiger partial charge in [-0.2, -0.15) is 0 Å². The Labute approximate surface area is 220 Å². The van der Waals surface area contributed by atoms with Crippen LogP contribution in [0.4, 0.5) is 0 Å². The van der Waals surface area contributed by atoms with E-state index in [2.05, 4.69) is 10.3 Å². The van der Waals surface area contributed by atoms with Gasteiger partial charge in [0.1, 0.15) is 0 Å². The normalized spacial score (nSPS) is 12.2. The third-order valence-corrected chi connectivity index (χ3v) is 6.03. The molecule has 36 heavy (non-hydrogen) atoms. The van der Waals surface area contributed by atoms with E-state index in [0.29, 0.717) is 60.1 Å². The molecule has 0 bridgehead atoms. The summed E-state index contributed by atoms with van der Waals surface area (Å²) in [5.74, 6) is -0.187. The van der Waals surface area contributed by atoms with Crippen molar-refractivity contribution in [3.63, 3.8) is 0 Å². The Balaban J connectivity index is 0.00000228. The third kappa shape index (κ3) is 5.76. The largest absolute Gasteiger partial charge is 0.370 e. The summed E-state index contributed by atoms with van der Waals surface area (Å²) in [6.07, 6.45) is 1.09. The molecule has 4 rings (SSSR count). The molecule has 0 saturated carbocycles. The fraction of sp³-hybridized carbons (Fsp3) is 0.280. The van der Waals surface area contributed by atoms with E-state index in [9.17, 15) is 14.4 Å². The number of carbonyl (C=O) groups excluding carboxylic acids is 2. The summed E-state index contributed by atoms with van der Waals surface area (Å²) in [6.45, 7) is 1.19. The van der Waals surface area contributed by atoms with E-state index in [0.717, 1.165) is 5.56 Å². The van der Waals surface area contributed by atoms with Crippen LogP contribution in [-0.2, 0) is 11.3 Å². The number of ketones is 2. The van der Waals surface area contributed by atoms with Gasteiger partial charge in [-0.25, -0.2) is 0 Å². The van der Waals surface area contributed by atoms with Crippen molar-refractivity contribution in [3.8, 4) is 11.3 Å². The number of fused-ring (bicyclic) bond motifs is 5. The van der Waals surface area contributed by atoms with Crippen LogP contribution in [0.1, 0.15) is 28.8 Å². The lowest BCUT2D eigenvalue weighted by atomic mass is 10.0. The van der Waals surface area contributed by atoms with Crippen LogP contribution in [0.3, 0.4) is 0 Å². The van der Waals surface area contributed by atoms with Crippen molar-refractivity contribution in [1.82, 2.24) is 9.88 Å². The van der Waals surface area contributed by atoms with Crippen LogP contribution < -0.4 is 28.1 Å². The molecule has 11 heteroatoms. The summed E-state index contributed by atoms with van der Waals surface area (Å²) < 4.78 is 1.63. The number of nitrogens with two attached hydrogens (primary N) is 3. The van der Waals surface area contributed by atoms with E-state index in [1.807, 2.05) is 30.3 Å². The lowest BCUT2D eigenvalue weighted by Crippen LogP contribution is -2.39. The van der Waals surface area contributed by atoms with Crippen LogP contribution in [0.15, 0.2) is 58.3 Å². The standard InChI is InChI=1S/C25H28N6O3.2ClH/c26-19(10-5-11-30-25(27)28)20(32)14-29-12-13-31-22-16-7-2-3-8-17(16)23(33)21(22)15-6-1-4-9-18(15)24(31)34;;/h1-4,6-9,19,29H,5,10-14,26H2,(H4,27,28,30);2*1H. The second kappa shape index (κ2) is 12.6. The first-order valence-corrected chi connectivity index (χ1v) is 11.2. The van der Waals surface area contributed by atoms with E-state index in [1.165, 1.54) is 0 Å². The number of aromatic nitrogens is 1. The fourth-order valence-electron chi connectivity index (χ4n) is 4.36. The van der Waals surface area contributed by atoms with Gasteiger partial charge >= 0.3 is 0 Å². The number of guanidine groups is 1. The maximum Gasteiger partial charge on any atom is 0.258 e. The first kappa shape index (κ1) is 29.0. The molecule has 0 amide bonds. The summed E-state index contributed by atoms with van der Waals surface area (Å²) in [5, 5.41) is 4.25. The molecule has 1 unspecified atom stereocenters. The molecule has 1 heterocycles. The van der Waals surface area contributed by atoms with E-state index in [-0.39, 0.29) is 54.4 Å². The van der Waals surface area contributed by atoms with Crippen molar-refractivity contribution in [1.29, 1.82) is 0 Å². The molecule has 3 aromatic rings. The molecule has 1 atom stereocenters. The molecule has 0 saturated heterocycles. The minimum Gasteiger partial charge on any atom is -0.370 e. The molecule has 9 nitrogen and oxygen atoms in total. The molecule has 0 fully saturated rings. The number of halogens is 2. The van der Waals surface area contributed by atoms with Gasteiger partial charge in [0.25, 0.3) is 5.56 Å². The summed E-state index contributed by atoms with van der Waals surface area (Å²) in [4.78, 5) is 42.7. The molecule has 0 aliphatic heterocycles. The average molecular weight is 533 g/mol. The van der Waals surface area contributed by atoms with E-state index >= 15 is 0 Å². The van der Waals surface area contributed by atoms with Gasteiger partial charge < -0.3 is 27.1 Å². The van der Waals surface area contributed by atoms with Gasteiger partial charge in [0.05, 0.1) is 23.8 Å². The summed E-state index contributed by atoms with van der Waals surface area (Å²) >= 11 is 0. The Bertz CT molecular complexity index is 1350. The summed E-state index contributed by atoms with van der Waals surface area (Å²) in [6, 6.07) is 13.9. The highest BCUT2D eigenvalue weighted by Gasteiger charge is 2.32. The smallest absolute Gasteiger partial charge is 0.258 e. The Morgan fingerprint density at radius 1 is 0.972 bits per heavy atom. The summed E-state index contributed by atoms with van der Waals surface area (Å²) in [7, 11) is 0. The molecule has 7 N–H and O–H groups in total. The second-order valence-electron chi connectivity index (χ2n) is 8.30. The van der Waals surface area contributed by atoms with Crippen LogP contribution in [0, 0.1) is 0 Å². The number of hydrogen-bond donors (Lipinski definition) is 4. The molecular formula is C25H30Cl2N6O3. The van der Waals surface area contributed by atoms with Crippen molar-refractivity contribution >= 4 is 53.1 Å². The SMILES string of the molecule is Cl.Cl.NC(N)=NCCCC(N)C(=O)CNCCn1c2c(c3ccccc3c1=O)C(=O)c1ccccc1-2. The number of benzene rings is 2. The van der Waals surface area contributed by atoms with Gasteiger partial charge in [0.2, 0.25) is 0 Å². The Kier molecular flexibility index (Phi) is 10.2. The zero-order valence-corrected chi connectivity index (χ0v) is 21.2. The predicted octanol–water partition coefficient (Wildman–Crippen LogP) is 1.60. The van der Waals surface area contributed by atoms with Crippen molar-refractivity contribution in [2.24, 2.45) is 22.2 Å². The summed E-state index contributed by atoms with van der Waals surface area (Å²) in [5.41, 5.74) is 18.9. The second-order valence-corrected chi connectivity index (χ2v) is 8.30. The maximum absolute atomic E-state index is 13.3. The maximum atomic E-state index is 13.3. The number of carbonyl (C=O) groups is 2. The Hall–Kier alpha value is -3.24. The van der Waals surface area contributed by atoms with Crippen LogP contribution >= 0.6 is 24.8 Å². The molecule has 192 valence electrons. The highest BCUT2D eigenvalue weighted by atomic mass is 35.5. The van der Waals surface area contributed by atoms with E-state index in [1.54, 1.807) is 22.8 Å². The number of pyridine rings is 1. The van der Waals surface area contributed by atoms with Gasteiger partial charge in [0.15, 0.2) is 17.5 Å². The fourth-order valence-corrected chi connectivity index (χ4v) is 4.36. The molecule has 2 aromatic carbocycles. The third-order valence-electron chi connectivity index (χ3n) is 6.03. The van der Waals surface area contributed by atoms with Crippen LogP contribution in [-0.4, -0.2) is 47.8 Å². The number of Topliss-reactive ketones (excluding diaryl/α,β-unsaturated/α-hetero) is 1. The number of nitrogens with zero attached hydrogens (tertiary/aromatic N) is 2. The Morgan fingerprint density at radius 3 is 2.31 bits per heavy atom. The van der Waals surface area contributed by atoms with Crippen LogP contribution in [0.25, 0.3) is 22.0 Å². The average Bonchev–Trinajstić information content (AvgIpc) is 3.13. The zero-order valence-electron chi connectivity index (χ0n) is 19.6. The zero-order chi connectivity index (χ0) is 24.2. The van der Waals surface area contributed by atoms with Gasteiger partial charge in [-0.05, 0) is 18.9 Å². The highest BCUT2D eigenvalue weighted by molar-refractivity contribution is 6.26. The minimum atomic E-state index is -0.612. The predicted molar refractivity (Wildman–Crippen MR) is 147 cm³/mol. The van der Waals surface area contributed by atoms with Crippen molar-refractivity contribution < 1.29 is 9.59 Å². The number of hydrogen-bond acceptors (Lipinski definition) is 6. The van der Waals surface area contributed by atoms with Gasteiger partial charge in [0, 0.05) is 41.5 Å². The van der Waals surface area contributed by atoms with E-state index < -0.39 is 6.04 Å². The lowest BCUT2D eigenvalue weighted by molar-refractivity contribution is -0.119. The van der Waals surface area contributed by atoms with Crippen molar-refractivity contribution in [2.45, 2.75) is 25.4 Å². The van der Waals surface area contributed by atoms with Gasteiger partial charge in [-0.1, -0.05) is 42.5 Å². The first-order chi connectivity index (χ1) is 16.4. The van der Waals surface area contributed by atoms with Crippen LogP contribution in [0.5, 0.6) is 0 Å². The van der Waals surface area contributed by atoms with Crippen LogP contribution in [0.2, 0.25) is 0 Å². The highest BCUT2D eigenvalue weighted by Crippen LogP contribution is 2.38. The Morgan fingerprint density at radius 2 is 1.61 bits per heavy atom. The minimum absolute atomic E-state index is 0. The molecule has 1 aromatic heterocycles. The van der Waals surface area contributed by atoms with Crippen molar-refractivity contribution in [2.75, 3.05) is 19.6 Å². The molecular weight excluding hydrogens is 503 g/mol. The van der Waals surface area contributed by atoms with Gasteiger partial charge in [-0.15, -0.1) is 24.8 Å². The molecule has 1 aliphatic rings.